The second-order valence-corrected chi connectivity index (χ2v) is 6.62. The molecule has 0 atom stereocenters. The molecule has 0 aliphatic carbocycles. The lowest BCUT2D eigenvalue weighted by atomic mass is 10.3. The molecule has 0 radical (unpaired) electrons. The lowest BCUT2D eigenvalue weighted by Gasteiger charge is -2.07. The van der Waals surface area contributed by atoms with Crippen LogP contribution in [-0.4, -0.2) is 33.8 Å². The Bertz CT molecular complexity index is 589. The SMILES string of the molecule is BrBr.COc1cc(OC)c(Br)cc1Br.COc1cccc(OC)c1.ClCCl. The van der Waals surface area contributed by atoms with Gasteiger partial charge >= 0.3 is 0 Å². The Balaban J connectivity index is 0. The first-order valence-electron chi connectivity index (χ1n) is 6.98. The largest absolute Gasteiger partial charge is 0.497 e. The lowest BCUT2D eigenvalue weighted by molar-refractivity contribution is 0.391. The molecule has 2 aromatic carbocycles. The Morgan fingerprint density at radius 3 is 1.37 bits per heavy atom. The summed E-state index contributed by atoms with van der Waals surface area (Å²) < 4.78 is 21.9. The average molecular weight is 679 g/mol. The van der Waals surface area contributed by atoms with Crippen molar-refractivity contribution in [1.82, 2.24) is 0 Å². The minimum Gasteiger partial charge on any atom is -0.497 e. The molecule has 0 aliphatic rings. The van der Waals surface area contributed by atoms with Crippen LogP contribution in [0.4, 0.5) is 0 Å². The molecular weight excluding hydrogens is 659 g/mol. The summed E-state index contributed by atoms with van der Waals surface area (Å²) in [4.78, 5) is 0. The molecule has 0 aromatic heterocycles. The first-order chi connectivity index (χ1) is 13.0. The molecule has 0 aliphatic heterocycles. The van der Waals surface area contributed by atoms with Gasteiger partial charge in [0.25, 0.3) is 0 Å². The predicted octanol–water partition coefficient (Wildman–Crippen LogP) is 8.05. The molecular formula is C17H20Br4Cl2O4. The van der Waals surface area contributed by atoms with Crippen LogP contribution in [-0.2, 0) is 0 Å². The normalized spacial score (nSPS) is 8.52. The Kier molecular flexibility index (Phi) is 21.1. The van der Waals surface area contributed by atoms with Crippen LogP contribution < -0.4 is 18.9 Å². The summed E-state index contributed by atoms with van der Waals surface area (Å²) >= 11 is 21.7. The molecule has 0 amide bonds. The number of ether oxygens (including phenoxy) is 4. The summed E-state index contributed by atoms with van der Waals surface area (Å²) in [5, 5.41) is 0.194. The Labute approximate surface area is 202 Å². The highest BCUT2D eigenvalue weighted by molar-refractivity contribution is 9.93. The van der Waals surface area contributed by atoms with Crippen LogP contribution in [0.3, 0.4) is 0 Å². The second-order valence-electron chi connectivity index (χ2n) is 4.11. The maximum Gasteiger partial charge on any atom is 0.136 e. The number of alkyl halides is 2. The second kappa shape index (κ2) is 19.5. The fourth-order valence-corrected chi connectivity index (χ4v) is 2.87. The number of hydrogen-bond acceptors (Lipinski definition) is 4. The van der Waals surface area contributed by atoms with Crippen LogP contribution in [0.25, 0.3) is 0 Å². The highest BCUT2D eigenvalue weighted by atomic mass is 80.9. The molecule has 27 heavy (non-hydrogen) atoms. The zero-order valence-corrected chi connectivity index (χ0v) is 22.9. The van der Waals surface area contributed by atoms with Gasteiger partial charge in [-0.1, -0.05) is 6.07 Å². The molecule has 0 unspecified atom stereocenters. The topological polar surface area (TPSA) is 36.9 Å². The highest BCUT2D eigenvalue weighted by Crippen LogP contribution is 2.35. The van der Waals surface area contributed by atoms with Gasteiger partial charge < -0.3 is 18.9 Å². The molecule has 0 saturated heterocycles. The molecule has 0 fully saturated rings. The average Bonchev–Trinajstić information content (AvgIpc) is 2.71. The van der Waals surface area contributed by atoms with Crippen molar-refractivity contribution in [2.24, 2.45) is 0 Å². The maximum atomic E-state index is 5.09. The summed E-state index contributed by atoms with van der Waals surface area (Å²) in [5.41, 5.74) is 0. The molecule has 2 aromatic rings. The van der Waals surface area contributed by atoms with Gasteiger partial charge in [-0.3, -0.25) is 0 Å². The van der Waals surface area contributed by atoms with E-state index in [2.05, 4.69) is 60.1 Å². The number of hydrogen-bond donors (Lipinski definition) is 0. The fraction of sp³-hybridized carbons (Fsp3) is 0.294. The first-order valence-corrected chi connectivity index (χ1v) is 13.4. The molecule has 10 heteroatoms. The Morgan fingerprint density at radius 1 is 0.704 bits per heavy atom. The quantitative estimate of drug-likeness (QED) is 0.307. The highest BCUT2D eigenvalue weighted by Gasteiger charge is 2.06. The smallest absolute Gasteiger partial charge is 0.136 e. The van der Waals surface area contributed by atoms with E-state index in [4.69, 9.17) is 42.1 Å². The first kappa shape index (κ1) is 29.3. The van der Waals surface area contributed by atoms with Crippen LogP contribution in [0.15, 0.2) is 45.3 Å². The third kappa shape index (κ3) is 13.1. The van der Waals surface area contributed by atoms with Crippen molar-refractivity contribution in [1.29, 1.82) is 0 Å². The monoisotopic (exact) mass is 674 g/mol. The van der Waals surface area contributed by atoms with Gasteiger partial charge in [-0.2, -0.15) is 0 Å². The number of benzene rings is 2. The van der Waals surface area contributed by atoms with Gasteiger partial charge in [0, 0.05) is 40.4 Å². The van der Waals surface area contributed by atoms with Crippen molar-refractivity contribution in [2.75, 3.05) is 33.8 Å². The third-order valence-corrected chi connectivity index (χ3v) is 3.94. The molecule has 154 valence electrons. The maximum absolute atomic E-state index is 5.09. The number of rotatable bonds is 4. The van der Waals surface area contributed by atoms with Crippen LogP contribution in [0.5, 0.6) is 23.0 Å². The standard InChI is InChI=1S/C8H8Br2O2.C8H10O2.CH2Cl2.Br2/c1-11-7-4-8(12-2)6(10)3-5(7)9;1-9-7-4-3-5-8(6-7)10-2;2-1-3;1-2/h3-4H,1-2H3;3-6H,1-2H3;1H2;. The van der Waals surface area contributed by atoms with E-state index in [1.165, 1.54) is 0 Å². The Hall–Kier alpha value is 0.140. The third-order valence-electron chi connectivity index (χ3n) is 2.70. The molecule has 0 heterocycles. The van der Waals surface area contributed by atoms with E-state index >= 15 is 0 Å². The summed E-state index contributed by atoms with van der Waals surface area (Å²) in [5.74, 6) is 3.16. The van der Waals surface area contributed by atoms with Crippen LogP contribution in [0.1, 0.15) is 0 Å². The van der Waals surface area contributed by atoms with Crippen molar-refractivity contribution in [3.8, 4) is 23.0 Å². The fourth-order valence-electron chi connectivity index (χ4n) is 1.55. The van der Waals surface area contributed by atoms with Gasteiger partial charge in [-0.15, -0.1) is 23.2 Å². The van der Waals surface area contributed by atoms with E-state index in [1.807, 2.05) is 36.4 Å². The summed E-state index contributed by atoms with van der Waals surface area (Å²) in [6.45, 7) is 0. The number of methoxy groups -OCH3 is 4. The Morgan fingerprint density at radius 2 is 1.07 bits per heavy atom. The van der Waals surface area contributed by atoms with Crippen molar-refractivity contribution in [2.45, 2.75) is 0 Å². The minimum atomic E-state index is 0.194. The van der Waals surface area contributed by atoms with Crippen LogP contribution in [0, 0.1) is 0 Å². The van der Waals surface area contributed by atoms with E-state index in [9.17, 15) is 0 Å². The molecule has 2 rings (SSSR count). The summed E-state index contributed by atoms with van der Waals surface area (Å²) in [6.07, 6.45) is 0. The van der Waals surface area contributed by atoms with Gasteiger partial charge in [-0.05, 0) is 50.1 Å². The zero-order valence-electron chi connectivity index (χ0n) is 15.1. The van der Waals surface area contributed by atoms with Crippen molar-refractivity contribution < 1.29 is 18.9 Å². The zero-order chi connectivity index (χ0) is 21.2. The van der Waals surface area contributed by atoms with Crippen molar-refractivity contribution in [3.63, 3.8) is 0 Å². The van der Waals surface area contributed by atoms with Crippen LogP contribution >= 0.6 is 83.3 Å². The van der Waals surface area contributed by atoms with E-state index in [0.717, 1.165) is 31.9 Å². The molecule has 0 N–H and O–H groups in total. The van der Waals surface area contributed by atoms with Crippen molar-refractivity contribution in [3.05, 3.63) is 45.3 Å². The van der Waals surface area contributed by atoms with Crippen molar-refractivity contribution >= 4 is 83.3 Å². The van der Waals surface area contributed by atoms with Gasteiger partial charge in [-0.25, -0.2) is 0 Å². The van der Waals surface area contributed by atoms with E-state index in [1.54, 1.807) is 28.4 Å². The number of halogens is 6. The molecule has 4 nitrogen and oxygen atoms in total. The van der Waals surface area contributed by atoms with E-state index in [-0.39, 0.29) is 5.34 Å². The van der Waals surface area contributed by atoms with E-state index < -0.39 is 0 Å². The predicted molar refractivity (Wildman–Crippen MR) is 129 cm³/mol. The summed E-state index contributed by atoms with van der Waals surface area (Å²) in [6, 6.07) is 11.2. The lowest BCUT2D eigenvalue weighted by Crippen LogP contribution is -1.88. The minimum absolute atomic E-state index is 0.194. The van der Waals surface area contributed by atoms with Gasteiger partial charge in [0.2, 0.25) is 0 Å². The summed E-state index contributed by atoms with van der Waals surface area (Å²) in [7, 11) is 6.50. The van der Waals surface area contributed by atoms with Gasteiger partial charge in [0.05, 0.1) is 42.7 Å². The van der Waals surface area contributed by atoms with E-state index in [0.29, 0.717) is 0 Å². The van der Waals surface area contributed by atoms with Gasteiger partial charge in [0.1, 0.15) is 23.0 Å². The van der Waals surface area contributed by atoms with Gasteiger partial charge in [0.15, 0.2) is 0 Å². The molecule has 0 bridgehead atoms. The van der Waals surface area contributed by atoms with Crippen LogP contribution in [0.2, 0.25) is 0 Å². The molecule has 0 spiro atoms. The molecule has 0 saturated carbocycles.